The van der Waals surface area contributed by atoms with Gasteiger partial charge < -0.3 is 16.0 Å². The lowest BCUT2D eigenvalue weighted by Crippen LogP contribution is -2.50. The van der Waals surface area contributed by atoms with Gasteiger partial charge in [0.2, 0.25) is 11.8 Å². The number of halogens is 1. The summed E-state index contributed by atoms with van der Waals surface area (Å²) in [7, 11) is 0. The molecule has 0 bridgehead atoms. The fraction of sp³-hybridized carbons (Fsp3) is 0.500. The SMILES string of the molecule is CCc1cccc(NC(=O)CNC(=O)C(C)C2CNC2)c1.Cl. The van der Waals surface area contributed by atoms with Crippen LogP contribution in [0, 0.1) is 11.8 Å². The molecule has 1 aromatic carbocycles. The molecule has 1 saturated heterocycles. The maximum Gasteiger partial charge on any atom is 0.243 e. The largest absolute Gasteiger partial charge is 0.347 e. The quantitative estimate of drug-likeness (QED) is 0.743. The average molecular weight is 326 g/mol. The van der Waals surface area contributed by atoms with E-state index >= 15 is 0 Å². The molecule has 1 heterocycles. The predicted molar refractivity (Wildman–Crippen MR) is 90.2 cm³/mol. The number of aryl methyl sites for hydroxylation is 1. The van der Waals surface area contributed by atoms with Crippen LogP contribution in [-0.4, -0.2) is 31.4 Å². The van der Waals surface area contributed by atoms with E-state index in [0.29, 0.717) is 5.92 Å². The summed E-state index contributed by atoms with van der Waals surface area (Å²) in [6, 6.07) is 7.73. The van der Waals surface area contributed by atoms with E-state index in [0.717, 1.165) is 25.2 Å². The first kappa shape index (κ1) is 18.5. The zero-order chi connectivity index (χ0) is 15.2. The second-order valence-corrected chi connectivity index (χ2v) is 5.53. The first-order valence-corrected chi connectivity index (χ1v) is 7.47. The number of benzene rings is 1. The molecule has 0 spiro atoms. The summed E-state index contributed by atoms with van der Waals surface area (Å²) in [6.45, 7) is 5.75. The predicted octanol–water partition coefficient (Wildman–Crippen LogP) is 1.58. The van der Waals surface area contributed by atoms with Crippen LogP contribution >= 0.6 is 12.4 Å². The van der Waals surface area contributed by atoms with Gasteiger partial charge in [0.1, 0.15) is 0 Å². The summed E-state index contributed by atoms with van der Waals surface area (Å²) in [5.74, 6) is 0.0752. The molecule has 1 aromatic rings. The highest BCUT2D eigenvalue weighted by Gasteiger charge is 2.28. The third kappa shape index (κ3) is 5.00. The zero-order valence-corrected chi connectivity index (χ0v) is 13.8. The number of nitrogens with one attached hydrogen (secondary N) is 3. The molecule has 1 atom stereocenters. The molecule has 0 radical (unpaired) electrons. The highest BCUT2D eigenvalue weighted by Crippen LogP contribution is 2.15. The van der Waals surface area contributed by atoms with Gasteiger partial charge in [0.15, 0.2) is 0 Å². The molecular weight excluding hydrogens is 302 g/mol. The minimum absolute atomic E-state index is 0. The number of anilines is 1. The van der Waals surface area contributed by atoms with Crippen molar-refractivity contribution >= 4 is 29.9 Å². The summed E-state index contributed by atoms with van der Waals surface area (Å²) in [5, 5.41) is 8.65. The zero-order valence-electron chi connectivity index (χ0n) is 13.0. The Bertz CT molecular complexity index is 518. The van der Waals surface area contributed by atoms with E-state index in [1.807, 2.05) is 31.2 Å². The van der Waals surface area contributed by atoms with Crippen LogP contribution in [0.15, 0.2) is 24.3 Å². The molecule has 6 heteroatoms. The van der Waals surface area contributed by atoms with E-state index in [2.05, 4.69) is 22.9 Å². The topological polar surface area (TPSA) is 70.2 Å². The molecular formula is C16H24ClN3O2. The average Bonchev–Trinajstić information content (AvgIpc) is 2.43. The number of amides is 2. The van der Waals surface area contributed by atoms with Gasteiger partial charge in [0.25, 0.3) is 0 Å². The molecule has 1 unspecified atom stereocenters. The summed E-state index contributed by atoms with van der Waals surface area (Å²) >= 11 is 0. The molecule has 1 aliphatic heterocycles. The van der Waals surface area contributed by atoms with Crippen LogP contribution in [-0.2, 0) is 16.0 Å². The molecule has 1 aliphatic rings. The number of hydrogen-bond donors (Lipinski definition) is 3. The van der Waals surface area contributed by atoms with Crippen molar-refractivity contribution in [2.45, 2.75) is 20.3 Å². The number of carbonyl (C=O) groups excluding carboxylic acids is 2. The highest BCUT2D eigenvalue weighted by molar-refractivity contribution is 5.94. The summed E-state index contributed by atoms with van der Waals surface area (Å²) in [6.07, 6.45) is 0.924. The van der Waals surface area contributed by atoms with E-state index in [1.165, 1.54) is 5.56 Å². The lowest BCUT2D eigenvalue weighted by atomic mass is 9.88. The van der Waals surface area contributed by atoms with Crippen LogP contribution in [0.1, 0.15) is 19.4 Å². The van der Waals surface area contributed by atoms with Crippen molar-refractivity contribution in [3.63, 3.8) is 0 Å². The van der Waals surface area contributed by atoms with Crippen LogP contribution in [0.4, 0.5) is 5.69 Å². The third-order valence-electron chi connectivity index (χ3n) is 3.98. The van der Waals surface area contributed by atoms with Crippen LogP contribution in [0.2, 0.25) is 0 Å². The molecule has 5 nitrogen and oxygen atoms in total. The molecule has 122 valence electrons. The van der Waals surface area contributed by atoms with Crippen molar-refractivity contribution in [3.05, 3.63) is 29.8 Å². The van der Waals surface area contributed by atoms with Crippen molar-refractivity contribution in [2.75, 3.05) is 25.0 Å². The lowest BCUT2D eigenvalue weighted by molar-refractivity contribution is -0.128. The van der Waals surface area contributed by atoms with Crippen LogP contribution in [0.3, 0.4) is 0 Å². The number of hydrogen-bond acceptors (Lipinski definition) is 3. The molecule has 0 saturated carbocycles. The van der Waals surface area contributed by atoms with Gasteiger partial charge in [0.05, 0.1) is 6.54 Å². The maximum absolute atomic E-state index is 11.9. The first-order chi connectivity index (χ1) is 10.1. The van der Waals surface area contributed by atoms with E-state index < -0.39 is 0 Å². The first-order valence-electron chi connectivity index (χ1n) is 7.47. The molecule has 0 aromatic heterocycles. The Morgan fingerprint density at radius 3 is 2.68 bits per heavy atom. The van der Waals surface area contributed by atoms with Crippen molar-refractivity contribution in [1.82, 2.24) is 10.6 Å². The van der Waals surface area contributed by atoms with Crippen molar-refractivity contribution in [3.8, 4) is 0 Å². The fourth-order valence-corrected chi connectivity index (χ4v) is 2.28. The van der Waals surface area contributed by atoms with Crippen LogP contribution < -0.4 is 16.0 Å². The Morgan fingerprint density at radius 2 is 2.09 bits per heavy atom. The molecule has 3 N–H and O–H groups in total. The second kappa shape index (κ2) is 8.76. The standard InChI is InChI=1S/C16H23N3O2.ClH/c1-3-12-5-4-6-14(7-12)19-15(20)10-18-16(21)11(2)13-8-17-9-13;/h4-7,11,13,17H,3,8-10H2,1-2H3,(H,18,21)(H,19,20);1H. The summed E-state index contributed by atoms with van der Waals surface area (Å²) in [5.41, 5.74) is 1.94. The van der Waals surface area contributed by atoms with Gasteiger partial charge in [-0.15, -0.1) is 12.4 Å². The Kier molecular flexibility index (Phi) is 7.35. The van der Waals surface area contributed by atoms with Crippen LogP contribution in [0.5, 0.6) is 0 Å². The lowest BCUT2D eigenvalue weighted by Gasteiger charge is -2.31. The van der Waals surface area contributed by atoms with Crippen molar-refractivity contribution in [2.24, 2.45) is 11.8 Å². The van der Waals surface area contributed by atoms with Crippen molar-refractivity contribution < 1.29 is 9.59 Å². The van der Waals surface area contributed by atoms with Gasteiger partial charge in [-0.05, 0) is 43.1 Å². The van der Waals surface area contributed by atoms with E-state index in [9.17, 15) is 9.59 Å². The van der Waals surface area contributed by atoms with Gasteiger partial charge >= 0.3 is 0 Å². The normalized spacial score (nSPS) is 15.2. The second-order valence-electron chi connectivity index (χ2n) is 5.53. The van der Waals surface area contributed by atoms with Gasteiger partial charge in [-0.1, -0.05) is 26.0 Å². The maximum atomic E-state index is 11.9. The Hall–Kier alpha value is -1.59. The summed E-state index contributed by atoms with van der Waals surface area (Å²) in [4.78, 5) is 23.8. The van der Waals surface area contributed by atoms with Gasteiger partial charge in [-0.25, -0.2) is 0 Å². The minimum Gasteiger partial charge on any atom is -0.347 e. The van der Waals surface area contributed by atoms with Crippen LogP contribution in [0.25, 0.3) is 0 Å². The van der Waals surface area contributed by atoms with E-state index in [4.69, 9.17) is 0 Å². The van der Waals surface area contributed by atoms with Gasteiger partial charge in [0, 0.05) is 11.6 Å². The van der Waals surface area contributed by atoms with Crippen molar-refractivity contribution in [1.29, 1.82) is 0 Å². The summed E-state index contributed by atoms with van der Waals surface area (Å²) < 4.78 is 0. The van der Waals surface area contributed by atoms with Gasteiger partial charge in [-0.3, -0.25) is 9.59 Å². The monoisotopic (exact) mass is 325 g/mol. The number of rotatable bonds is 6. The number of carbonyl (C=O) groups is 2. The molecule has 1 fully saturated rings. The van der Waals surface area contributed by atoms with Gasteiger partial charge in [-0.2, -0.15) is 0 Å². The third-order valence-corrected chi connectivity index (χ3v) is 3.98. The Labute approximate surface area is 137 Å². The molecule has 0 aliphatic carbocycles. The highest BCUT2D eigenvalue weighted by atomic mass is 35.5. The molecule has 2 rings (SSSR count). The van der Waals surface area contributed by atoms with E-state index in [-0.39, 0.29) is 36.7 Å². The fourth-order valence-electron chi connectivity index (χ4n) is 2.28. The Morgan fingerprint density at radius 1 is 1.36 bits per heavy atom. The minimum atomic E-state index is -0.199. The molecule has 2 amide bonds. The Balaban J connectivity index is 0.00000242. The van der Waals surface area contributed by atoms with E-state index in [1.54, 1.807) is 0 Å². The smallest absolute Gasteiger partial charge is 0.243 e. The molecule has 22 heavy (non-hydrogen) atoms.